The molecule has 126 valence electrons. The summed E-state index contributed by atoms with van der Waals surface area (Å²) in [6.07, 6.45) is 0. The molecule has 0 radical (unpaired) electrons. The highest BCUT2D eigenvalue weighted by Crippen LogP contribution is 2.17. The molecule has 2 aromatic rings. The molecule has 2 aromatic carbocycles. The Kier molecular flexibility index (Phi) is 5.74. The topological polar surface area (TPSA) is 58.2 Å². The largest absolute Gasteiger partial charge is 0.352 e. The molecule has 2 N–H and O–H groups in total. The Balaban J connectivity index is 2.04. The number of anilines is 1. The molecule has 2 rings (SSSR count). The van der Waals surface area contributed by atoms with Gasteiger partial charge in [0.1, 0.15) is 0 Å². The first kappa shape index (κ1) is 17.7. The summed E-state index contributed by atoms with van der Waals surface area (Å²) in [6, 6.07) is 12.6. The molecule has 2 amide bonds. The normalized spacial score (nSPS) is 10.5. The average molecular weight is 324 g/mol. The van der Waals surface area contributed by atoms with Gasteiger partial charge >= 0.3 is 0 Å². The van der Waals surface area contributed by atoms with Crippen LogP contribution in [0.4, 0.5) is 5.69 Å². The summed E-state index contributed by atoms with van der Waals surface area (Å²) in [5.41, 5.74) is 4.05. The van der Waals surface area contributed by atoms with Gasteiger partial charge in [0, 0.05) is 23.4 Å². The van der Waals surface area contributed by atoms with E-state index in [1.807, 2.05) is 45.9 Å². The van der Waals surface area contributed by atoms with Crippen LogP contribution in [-0.4, -0.2) is 18.4 Å². The van der Waals surface area contributed by atoms with Gasteiger partial charge < -0.3 is 10.6 Å². The quantitative estimate of drug-likeness (QED) is 0.875. The van der Waals surface area contributed by atoms with Gasteiger partial charge in [0.25, 0.3) is 11.8 Å². The molecule has 0 aliphatic heterocycles. The fourth-order valence-corrected chi connectivity index (χ4v) is 2.32. The first-order valence-electron chi connectivity index (χ1n) is 8.13. The summed E-state index contributed by atoms with van der Waals surface area (Å²) in [5.74, 6) is 0.0953. The van der Waals surface area contributed by atoms with Gasteiger partial charge in [0.05, 0.1) is 0 Å². The highest BCUT2D eigenvalue weighted by atomic mass is 16.2. The van der Waals surface area contributed by atoms with E-state index < -0.39 is 0 Å². The fourth-order valence-electron chi connectivity index (χ4n) is 2.32. The summed E-state index contributed by atoms with van der Waals surface area (Å²) in [5, 5.41) is 5.76. The zero-order valence-electron chi connectivity index (χ0n) is 14.6. The van der Waals surface area contributed by atoms with Crippen LogP contribution < -0.4 is 10.6 Å². The van der Waals surface area contributed by atoms with E-state index in [9.17, 15) is 9.59 Å². The zero-order chi connectivity index (χ0) is 17.7. The van der Waals surface area contributed by atoms with Crippen molar-refractivity contribution < 1.29 is 9.59 Å². The SMILES string of the molecule is Cc1ccc(NC(=O)c2ccc(C(=O)NCC(C)C)cc2)c(C)c1. The smallest absolute Gasteiger partial charge is 0.255 e. The van der Waals surface area contributed by atoms with Crippen molar-refractivity contribution in [3.63, 3.8) is 0 Å². The van der Waals surface area contributed by atoms with Gasteiger partial charge in [-0.15, -0.1) is 0 Å². The van der Waals surface area contributed by atoms with Crippen molar-refractivity contribution in [1.82, 2.24) is 5.32 Å². The van der Waals surface area contributed by atoms with Crippen LogP contribution in [0.5, 0.6) is 0 Å². The van der Waals surface area contributed by atoms with Gasteiger partial charge in [-0.3, -0.25) is 9.59 Å². The fraction of sp³-hybridized carbons (Fsp3) is 0.300. The summed E-state index contributed by atoms with van der Waals surface area (Å²) in [4.78, 5) is 24.3. The number of rotatable bonds is 5. The summed E-state index contributed by atoms with van der Waals surface area (Å²) in [6.45, 7) is 8.70. The molecule has 0 saturated carbocycles. The molecule has 4 heteroatoms. The molecule has 0 atom stereocenters. The maximum atomic E-state index is 12.3. The van der Waals surface area contributed by atoms with Crippen LogP contribution >= 0.6 is 0 Å². The lowest BCUT2D eigenvalue weighted by Gasteiger charge is -2.10. The molecule has 0 heterocycles. The van der Waals surface area contributed by atoms with Crippen LogP contribution in [0.1, 0.15) is 45.7 Å². The molecule has 0 unspecified atom stereocenters. The first-order chi connectivity index (χ1) is 11.4. The predicted octanol–water partition coefficient (Wildman–Crippen LogP) is 3.94. The highest BCUT2D eigenvalue weighted by molar-refractivity contribution is 6.05. The number of benzene rings is 2. The molecule has 0 aromatic heterocycles. The van der Waals surface area contributed by atoms with E-state index in [-0.39, 0.29) is 11.8 Å². The Morgan fingerprint density at radius 3 is 2.04 bits per heavy atom. The van der Waals surface area contributed by atoms with Gasteiger partial charge in [0.15, 0.2) is 0 Å². The van der Waals surface area contributed by atoms with E-state index in [1.165, 1.54) is 0 Å². The van der Waals surface area contributed by atoms with Crippen molar-refractivity contribution in [3.8, 4) is 0 Å². The first-order valence-corrected chi connectivity index (χ1v) is 8.13. The van der Waals surface area contributed by atoms with E-state index in [0.717, 1.165) is 16.8 Å². The van der Waals surface area contributed by atoms with Crippen molar-refractivity contribution in [3.05, 3.63) is 64.7 Å². The van der Waals surface area contributed by atoms with Gasteiger partial charge in [0.2, 0.25) is 0 Å². The average Bonchev–Trinajstić information content (AvgIpc) is 2.55. The Morgan fingerprint density at radius 2 is 1.50 bits per heavy atom. The summed E-state index contributed by atoms with van der Waals surface area (Å²) >= 11 is 0. The van der Waals surface area contributed by atoms with Crippen LogP contribution in [0.25, 0.3) is 0 Å². The molecule has 0 aliphatic rings. The van der Waals surface area contributed by atoms with Gasteiger partial charge in [-0.25, -0.2) is 0 Å². The van der Waals surface area contributed by atoms with E-state index in [4.69, 9.17) is 0 Å². The zero-order valence-corrected chi connectivity index (χ0v) is 14.6. The van der Waals surface area contributed by atoms with E-state index in [1.54, 1.807) is 24.3 Å². The third-order valence-corrected chi connectivity index (χ3v) is 3.71. The van der Waals surface area contributed by atoms with Crippen LogP contribution in [0.3, 0.4) is 0 Å². The Bertz CT molecular complexity index is 734. The van der Waals surface area contributed by atoms with E-state index in [2.05, 4.69) is 10.6 Å². The molecular formula is C20H24N2O2. The van der Waals surface area contributed by atoms with E-state index >= 15 is 0 Å². The molecular weight excluding hydrogens is 300 g/mol. The molecule has 0 fully saturated rings. The second-order valence-electron chi connectivity index (χ2n) is 6.45. The lowest BCUT2D eigenvalue weighted by atomic mass is 10.1. The minimum atomic E-state index is -0.184. The van der Waals surface area contributed by atoms with Gasteiger partial charge in [-0.2, -0.15) is 0 Å². The van der Waals surface area contributed by atoms with Crippen molar-refractivity contribution in [2.24, 2.45) is 5.92 Å². The highest BCUT2D eigenvalue weighted by Gasteiger charge is 2.10. The third kappa shape index (κ3) is 4.69. The number of hydrogen-bond donors (Lipinski definition) is 2. The van der Waals surface area contributed by atoms with Crippen LogP contribution in [0.2, 0.25) is 0 Å². The maximum absolute atomic E-state index is 12.3. The van der Waals surface area contributed by atoms with Crippen molar-refractivity contribution >= 4 is 17.5 Å². The van der Waals surface area contributed by atoms with Crippen molar-refractivity contribution in [2.75, 3.05) is 11.9 Å². The molecule has 24 heavy (non-hydrogen) atoms. The van der Waals surface area contributed by atoms with Crippen molar-refractivity contribution in [1.29, 1.82) is 0 Å². The third-order valence-electron chi connectivity index (χ3n) is 3.71. The number of amides is 2. The van der Waals surface area contributed by atoms with Gasteiger partial charge in [-0.1, -0.05) is 31.5 Å². The summed E-state index contributed by atoms with van der Waals surface area (Å²) in [7, 11) is 0. The number of nitrogens with one attached hydrogen (secondary N) is 2. The molecule has 0 bridgehead atoms. The summed E-state index contributed by atoms with van der Waals surface area (Å²) < 4.78 is 0. The minimum absolute atomic E-state index is 0.120. The number of hydrogen-bond acceptors (Lipinski definition) is 2. The Labute approximate surface area is 143 Å². The molecule has 0 aliphatic carbocycles. The van der Waals surface area contributed by atoms with E-state index in [0.29, 0.717) is 23.6 Å². The maximum Gasteiger partial charge on any atom is 0.255 e. The second-order valence-corrected chi connectivity index (χ2v) is 6.45. The predicted molar refractivity (Wildman–Crippen MR) is 97.5 cm³/mol. The minimum Gasteiger partial charge on any atom is -0.352 e. The monoisotopic (exact) mass is 324 g/mol. The lowest BCUT2D eigenvalue weighted by molar-refractivity contribution is 0.0947. The van der Waals surface area contributed by atoms with Crippen LogP contribution in [0.15, 0.2) is 42.5 Å². The molecule has 0 spiro atoms. The van der Waals surface area contributed by atoms with Gasteiger partial charge in [-0.05, 0) is 55.7 Å². The van der Waals surface area contributed by atoms with Crippen LogP contribution in [0, 0.1) is 19.8 Å². The van der Waals surface area contributed by atoms with Crippen LogP contribution in [-0.2, 0) is 0 Å². The second kappa shape index (κ2) is 7.77. The Hall–Kier alpha value is -2.62. The molecule has 4 nitrogen and oxygen atoms in total. The molecule has 0 saturated heterocycles. The van der Waals surface area contributed by atoms with Crippen molar-refractivity contribution in [2.45, 2.75) is 27.7 Å². The lowest BCUT2D eigenvalue weighted by Crippen LogP contribution is -2.27. The Morgan fingerprint density at radius 1 is 0.917 bits per heavy atom. The number of carbonyl (C=O) groups excluding carboxylic acids is 2. The standard InChI is InChI=1S/C20H24N2O2/c1-13(2)12-21-19(23)16-6-8-17(9-7-16)20(24)22-18-10-5-14(3)11-15(18)4/h5-11,13H,12H2,1-4H3,(H,21,23)(H,22,24). The number of aryl methyl sites for hydroxylation is 2. The number of carbonyl (C=O) groups is 2.